The predicted octanol–water partition coefficient (Wildman–Crippen LogP) is 3.79. The van der Waals surface area contributed by atoms with Crippen molar-refractivity contribution in [2.75, 3.05) is 19.0 Å². The third-order valence-electron chi connectivity index (χ3n) is 2.54. The van der Waals surface area contributed by atoms with Crippen molar-refractivity contribution >= 4 is 21.8 Å². The smallest absolute Gasteiger partial charge is 0.214 e. The molecule has 1 heterocycles. The molecule has 0 saturated heterocycles. The summed E-state index contributed by atoms with van der Waals surface area (Å²) in [4.78, 5) is 1.84. The summed E-state index contributed by atoms with van der Waals surface area (Å²) >= 11 is 3.21. The number of aromatic hydroxyl groups is 1. The molecule has 90 valence electrons. The van der Waals surface area contributed by atoms with E-state index in [1.54, 1.807) is 0 Å². The molecular formula is C13H14BrNO2. The van der Waals surface area contributed by atoms with E-state index < -0.39 is 0 Å². The van der Waals surface area contributed by atoms with Gasteiger partial charge >= 0.3 is 0 Å². The van der Waals surface area contributed by atoms with Crippen LogP contribution in [-0.4, -0.2) is 19.2 Å². The maximum atomic E-state index is 10.0. The molecule has 0 amide bonds. The van der Waals surface area contributed by atoms with E-state index >= 15 is 0 Å². The fourth-order valence-electron chi connectivity index (χ4n) is 1.76. The molecule has 0 aliphatic rings. The van der Waals surface area contributed by atoms with Gasteiger partial charge in [-0.1, -0.05) is 29.8 Å². The lowest BCUT2D eigenvalue weighted by Crippen LogP contribution is -2.08. The van der Waals surface area contributed by atoms with Crippen LogP contribution in [-0.2, 0) is 0 Å². The molecule has 0 spiro atoms. The normalized spacial score (nSPS) is 10.6. The lowest BCUT2D eigenvalue weighted by atomic mass is 10.0. The quantitative estimate of drug-likeness (QED) is 0.916. The first kappa shape index (κ1) is 12.0. The lowest BCUT2D eigenvalue weighted by molar-refractivity contribution is 0.447. The number of hydrogen-bond donors (Lipinski definition) is 1. The molecule has 1 aromatic heterocycles. The molecule has 4 heteroatoms. The number of aryl methyl sites for hydroxylation is 1. The summed E-state index contributed by atoms with van der Waals surface area (Å²) in [5.41, 5.74) is 2.80. The maximum Gasteiger partial charge on any atom is 0.214 e. The van der Waals surface area contributed by atoms with Crippen LogP contribution >= 0.6 is 15.9 Å². The number of anilines is 1. The Bertz CT molecular complexity index is 546. The molecule has 0 bridgehead atoms. The SMILES string of the molecule is Cc1cccc(-c2c(N(C)C)oc(Br)c2O)c1. The summed E-state index contributed by atoms with van der Waals surface area (Å²) in [7, 11) is 3.76. The van der Waals surface area contributed by atoms with E-state index in [9.17, 15) is 5.11 Å². The van der Waals surface area contributed by atoms with Crippen LogP contribution in [0.5, 0.6) is 5.75 Å². The Kier molecular flexibility index (Phi) is 3.15. The van der Waals surface area contributed by atoms with Crippen LogP contribution in [0.4, 0.5) is 5.88 Å². The second kappa shape index (κ2) is 4.45. The van der Waals surface area contributed by atoms with Crippen LogP contribution in [0.3, 0.4) is 0 Å². The Morgan fingerprint density at radius 2 is 2.00 bits per heavy atom. The summed E-state index contributed by atoms with van der Waals surface area (Å²) in [6.45, 7) is 2.02. The number of halogens is 1. The third-order valence-corrected chi connectivity index (χ3v) is 3.07. The van der Waals surface area contributed by atoms with Crippen molar-refractivity contribution in [3.63, 3.8) is 0 Å². The minimum absolute atomic E-state index is 0.138. The van der Waals surface area contributed by atoms with Gasteiger partial charge in [0.15, 0.2) is 5.75 Å². The van der Waals surface area contributed by atoms with Crippen molar-refractivity contribution in [3.8, 4) is 16.9 Å². The lowest BCUT2D eigenvalue weighted by Gasteiger charge is -2.11. The molecule has 17 heavy (non-hydrogen) atoms. The average Bonchev–Trinajstić information content (AvgIpc) is 2.56. The van der Waals surface area contributed by atoms with Crippen molar-refractivity contribution in [3.05, 3.63) is 34.5 Å². The van der Waals surface area contributed by atoms with Gasteiger partial charge in [0, 0.05) is 14.1 Å². The minimum Gasteiger partial charge on any atom is -0.503 e. The van der Waals surface area contributed by atoms with Crippen LogP contribution in [0.1, 0.15) is 5.56 Å². The molecule has 0 atom stereocenters. The Morgan fingerprint density at radius 3 is 2.59 bits per heavy atom. The highest BCUT2D eigenvalue weighted by molar-refractivity contribution is 9.10. The zero-order valence-electron chi connectivity index (χ0n) is 9.99. The van der Waals surface area contributed by atoms with Crippen molar-refractivity contribution in [2.45, 2.75) is 6.92 Å². The molecule has 1 N–H and O–H groups in total. The van der Waals surface area contributed by atoms with Gasteiger partial charge in [-0.05, 0) is 28.4 Å². The van der Waals surface area contributed by atoms with Crippen molar-refractivity contribution in [1.29, 1.82) is 0 Å². The molecule has 1 aromatic carbocycles. The summed E-state index contributed by atoms with van der Waals surface area (Å²) in [5, 5.41) is 10.0. The van der Waals surface area contributed by atoms with Gasteiger partial charge in [-0.3, -0.25) is 0 Å². The minimum atomic E-state index is 0.138. The van der Waals surface area contributed by atoms with Gasteiger partial charge in [-0.15, -0.1) is 0 Å². The van der Waals surface area contributed by atoms with Gasteiger partial charge in [0.1, 0.15) is 0 Å². The molecule has 0 unspecified atom stereocenters. The number of furan rings is 1. The number of nitrogens with zero attached hydrogens (tertiary/aromatic N) is 1. The second-order valence-electron chi connectivity index (χ2n) is 4.17. The zero-order valence-corrected chi connectivity index (χ0v) is 11.6. The van der Waals surface area contributed by atoms with Crippen molar-refractivity contribution in [1.82, 2.24) is 0 Å². The largest absolute Gasteiger partial charge is 0.503 e. The zero-order chi connectivity index (χ0) is 12.6. The average molecular weight is 296 g/mol. The van der Waals surface area contributed by atoms with E-state index in [-0.39, 0.29) is 5.75 Å². The highest BCUT2D eigenvalue weighted by Gasteiger charge is 2.21. The summed E-state index contributed by atoms with van der Waals surface area (Å²) < 4.78 is 5.85. The van der Waals surface area contributed by atoms with Gasteiger partial charge in [0.05, 0.1) is 5.56 Å². The van der Waals surface area contributed by atoms with Gasteiger partial charge in [-0.2, -0.15) is 0 Å². The first-order valence-electron chi connectivity index (χ1n) is 5.26. The van der Waals surface area contributed by atoms with Crippen LogP contribution in [0.15, 0.2) is 33.4 Å². The van der Waals surface area contributed by atoms with E-state index in [1.807, 2.05) is 50.2 Å². The van der Waals surface area contributed by atoms with Crippen molar-refractivity contribution < 1.29 is 9.52 Å². The highest BCUT2D eigenvalue weighted by Crippen LogP contribution is 2.45. The van der Waals surface area contributed by atoms with Gasteiger partial charge < -0.3 is 14.4 Å². The molecule has 2 aromatic rings. The standard InChI is InChI=1S/C13H14BrNO2/c1-8-5-4-6-9(7-8)10-11(16)12(14)17-13(10)15(2)3/h4-7,16H,1-3H3. The Morgan fingerprint density at radius 1 is 1.29 bits per heavy atom. The molecule has 3 nitrogen and oxygen atoms in total. The summed E-state index contributed by atoms with van der Waals surface area (Å²) in [5.74, 6) is 0.777. The van der Waals surface area contributed by atoms with E-state index in [0.29, 0.717) is 16.1 Å². The second-order valence-corrected chi connectivity index (χ2v) is 4.89. The monoisotopic (exact) mass is 295 g/mol. The Balaban J connectivity index is 2.65. The van der Waals surface area contributed by atoms with E-state index in [0.717, 1.165) is 11.1 Å². The third kappa shape index (κ3) is 2.17. The molecule has 0 fully saturated rings. The fourth-order valence-corrected chi connectivity index (χ4v) is 2.11. The molecule has 0 saturated carbocycles. The Labute approximate surface area is 109 Å². The van der Waals surface area contributed by atoms with Crippen LogP contribution < -0.4 is 4.90 Å². The topological polar surface area (TPSA) is 36.6 Å². The first-order chi connectivity index (χ1) is 8.00. The summed E-state index contributed by atoms with van der Waals surface area (Å²) in [6.07, 6.45) is 0. The molecule has 0 radical (unpaired) electrons. The predicted molar refractivity (Wildman–Crippen MR) is 72.6 cm³/mol. The number of rotatable bonds is 2. The molecular weight excluding hydrogens is 282 g/mol. The fraction of sp³-hybridized carbons (Fsp3) is 0.231. The molecule has 0 aliphatic carbocycles. The van der Waals surface area contributed by atoms with Gasteiger partial charge in [0.2, 0.25) is 10.6 Å². The Hall–Kier alpha value is -1.42. The van der Waals surface area contributed by atoms with E-state index in [1.165, 1.54) is 0 Å². The van der Waals surface area contributed by atoms with Crippen LogP contribution in [0.2, 0.25) is 0 Å². The number of hydrogen-bond acceptors (Lipinski definition) is 3. The van der Waals surface area contributed by atoms with Crippen molar-refractivity contribution in [2.24, 2.45) is 0 Å². The van der Waals surface area contributed by atoms with E-state index in [2.05, 4.69) is 15.9 Å². The number of benzene rings is 1. The van der Waals surface area contributed by atoms with E-state index in [4.69, 9.17) is 4.42 Å². The summed E-state index contributed by atoms with van der Waals surface area (Å²) in [6, 6.07) is 7.95. The first-order valence-corrected chi connectivity index (χ1v) is 6.05. The molecule has 2 rings (SSSR count). The van der Waals surface area contributed by atoms with Crippen LogP contribution in [0, 0.1) is 6.92 Å². The highest BCUT2D eigenvalue weighted by atomic mass is 79.9. The maximum absolute atomic E-state index is 10.0. The van der Waals surface area contributed by atoms with Gasteiger partial charge in [0.25, 0.3) is 0 Å². The molecule has 0 aliphatic heterocycles. The van der Waals surface area contributed by atoms with Crippen LogP contribution in [0.25, 0.3) is 11.1 Å². The van der Waals surface area contributed by atoms with Gasteiger partial charge in [-0.25, -0.2) is 0 Å².